The highest BCUT2D eigenvalue weighted by Gasteiger charge is 2.25. The molecule has 8 heteroatoms. The summed E-state index contributed by atoms with van der Waals surface area (Å²) in [5, 5.41) is 9.01. The Balaban J connectivity index is 1.41. The van der Waals surface area contributed by atoms with Gasteiger partial charge >= 0.3 is 0 Å². The molecule has 0 bridgehead atoms. The van der Waals surface area contributed by atoms with Crippen molar-refractivity contribution >= 4 is 39.2 Å². The highest BCUT2D eigenvalue weighted by atomic mass is 32.2. The number of amides is 1. The van der Waals surface area contributed by atoms with Crippen molar-refractivity contribution in [3.05, 3.63) is 35.2 Å². The summed E-state index contributed by atoms with van der Waals surface area (Å²) in [4.78, 5) is 25.5. The summed E-state index contributed by atoms with van der Waals surface area (Å²) in [6, 6.07) is 4.10. The van der Waals surface area contributed by atoms with Crippen LogP contribution in [0.4, 0.5) is 0 Å². The largest absolute Gasteiger partial charge is 0.341 e. The third kappa shape index (κ3) is 3.55. The zero-order chi connectivity index (χ0) is 17.2. The van der Waals surface area contributed by atoms with Crippen molar-refractivity contribution in [3.8, 4) is 0 Å². The standard InChI is InChI=1S/C17H19N5OS2/c1-11-7-13-16(18-10-19-17(13)25-11)24-9-15(23)22-6-2-3-12(8-22)14-4-5-20-21-14/h4-5,7,10,12H,2-3,6,8-9H2,1H3,(H,20,21)/t12-/m0/s1. The molecule has 3 aromatic heterocycles. The molecule has 25 heavy (non-hydrogen) atoms. The van der Waals surface area contributed by atoms with Gasteiger partial charge in [0, 0.05) is 41.2 Å². The fraction of sp³-hybridized carbons (Fsp3) is 0.412. The first kappa shape index (κ1) is 16.5. The zero-order valence-corrected chi connectivity index (χ0v) is 15.6. The van der Waals surface area contributed by atoms with Gasteiger partial charge in [-0.15, -0.1) is 11.3 Å². The number of nitrogens with zero attached hydrogens (tertiary/aromatic N) is 4. The van der Waals surface area contributed by atoms with Crippen LogP contribution in [-0.2, 0) is 4.79 Å². The van der Waals surface area contributed by atoms with Crippen LogP contribution >= 0.6 is 23.1 Å². The molecule has 1 fully saturated rings. The van der Waals surface area contributed by atoms with Gasteiger partial charge < -0.3 is 4.90 Å². The SMILES string of the molecule is Cc1cc2c(SCC(=O)N3CCC[C@H](c4ccn[nH]4)C3)ncnc2s1. The third-order valence-electron chi connectivity index (χ3n) is 4.48. The van der Waals surface area contributed by atoms with Gasteiger partial charge in [-0.2, -0.15) is 5.10 Å². The summed E-state index contributed by atoms with van der Waals surface area (Å²) >= 11 is 3.17. The van der Waals surface area contributed by atoms with Crippen LogP contribution in [0.3, 0.4) is 0 Å². The minimum Gasteiger partial charge on any atom is -0.341 e. The van der Waals surface area contributed by atoms with Gasteiger partial charge in [-0.3, -0.25) is 9.89 Å². The quantitative estimate of drug-likeness (QED) is 0.561. The molecule has 1 saturated heterocycles. The molecule has 4 heterocycles. The first-order chi connectivity index (χ1) is 12.2. The van der Waals surface area contributed by atoms with E-state index < -0.39 is 0 Å². The average Bonchev–Trinajstić information content (AvgIpc) is 3.28. The molecule has 0 aliphatic carbocycles. The van der Waals surface area contributed by atoms with E-state index in [1.807, 2.05) is 11.0 Å². The van der Waals surface area contributed by atoms with Crippen LogP contribution in [0.5, 0.6) is 0 Å². The van der Waals surface area contributed by atoms with Crippen molar-refractivity contribution in [3.63, 3.8) is 0 Å². The van der Waals surface area contributed by atoms with E-state index >= 15 is 0 Å². The molecular weight excluding hydrogens is 354 g/mol. The van der Waals surface area contributed by atoms with Crippen LogP contribution < -0.4 is 0 Å². The fourth-order valence-corrected chi connectivity index (χ4v) is 5.03. The van der Waals surface area contributed by atoms with E-state index in [1.165, 1.54) is 16.6 Å². The van der Waals surface area contributed by atoms with E-state index in [4.69, 9.17) is 0 Å². The first-order valence-electron chi connectivity index (χ1n) is 8.31. The zero-order valence-electron chi connectivity index (χ0n) is 13.9. The number of aryl methyl sites for hydroxylation is 1. The number of aromatic amines is 1. The molecule has 0 unspecified atom stereocenters. The van der Waals surface area contributed by atoms with Gasteiger partial charge in [-0.25, -0.2) is 9.97 Å². The molecule has 0 spiro atoms. The summed E-state index contributed by atoms with van der Waals surface area (Å²) in [5.74, 6) is 0.944. The molecule has 0 saturated carbocycles. The van der Waals surface area contributed by atoms with Crippen molar-refractivity contribution in [2.75, 3.05) is 18.8 Å². The number of thioether (sulfide) groups is 1. The predicted molar refractivity (Wildman–Crippen MR) is 100 cm³/mol. The van der Waals surface area contributed by atoms with Crippen molar-refractivity contribution in [2.45, 2.75) is 30.7 Å². The monoisotopic (exact) mass is 373 g/mol. The Morgan fingerprint density at radius 1 is 1.48 bits per heavy atom. The van der Waals surface area contributed by atoms with Crippen LogP contribution in [0, 0.1) is 6.92 Å². The maximum atomic E-state index is 12.7. The lowest BCUT2D eigenvalue weighted by Crippen LogP contribution is -2.40. The van der Waals surface area contributed by atoms with Crippen molar-refractivity contribution < 1.29 is 4.79 Å². The fourth-order valence-electron chi connectivity index (χ4n) is 3.24. The molecule has 130 valence electrons. The van der Waals surface area contributed by atoms with Gasteiger partial charge in [0.05, 0.1) is 5.75 Å². The van der Waals surface area contributed by atoms with E-state index in [0.29, 0.717) is 11.7 Å². The first-order valence-corrected chi connectivity index (χ1v) is 10.1. The van der Waals surface area contributed by atoms with Gasteiger partial charge in [0.2, 0.25) is 5.91 Å². The second kappa shape index (κ2) is 7.13. The Kier molecular flexibility index (Phi) is 4.72. The summed E-state index contributed by atoms with van der Waals surface area (Å²) < 4.78 is 0. The lowest BCUT2D eigenvalue weighted by Gasteiger charge is -2.32. The van der Waals surface area contributed by atoms with Gasteiger partial charge in [-0.05, 0) is 31.9 Å². The van der Waals surface area contributed by atoms with Crippen LogP contribution in [-0.4, -0.2) is 49.8 Å². The molecule has 0 radical (unpaired) electrons. The van der Waals surface area contributed by atoms with E-state index in [9.17, 15) is 4.79 Å². The Morgan fingerprint density at radius 2 is 2.40 bits per heavy atom. The number of thiophene rings is 1. The maximum Gasteiger partial charge on any atom is 0.233 e. The number of nitrogens with one attached hydrogen (secondary N) is 1. The molecule has 1 aliphatic rings. The Bertz CT molecular complexity index is 876. The minimum absolute atomic E-state index is 0.174. The van der Waals surface area contributed by atoms with Crippen molar-refractivity contribution in [1.82, 2.24) is 25.1 Å². The molecule has 0 aromatic carbocycles. The maximum absolute atomic E-state index is 12.7. The average molecular weight is 374 g/mol. The number of fused-ring (bicyclic) bond motifs is 1. The molecule has 1 atom stereocenters. The van der Waals surface area contributed by atoms with Crippen LogP contribution in [0.15, 0.2) is 29.7 Å². The van der Waals surface area contributed by atoms with Crippen molar-refractivity contribution in [1.29, 1.82) is 0 Å². The van der Waals surface area contributed by atoms with Gasteiger partial charge in [0.25, 0.3) is 0 Å². The molecule has 1 N–H and O–H groups in total. The molecule has 3 aromatic rings. The summed E-state index contributed by atoms with van der Waals surface area (Å²) in [6.07, 6.45) is 5.48. The lowest BCUT2D eigenvalue weighted by molar-refractivity contribution is -0.129. The number of rotatable bonds is 4. The van der Waals surface area contributed by atoms with E-state index in [-0.39, 0.29) is 5.91 Å². The highest BCUT2D eigenvalue weighted by molar-refractivity contribution is 8.00. The van der Waals surface area contributed by atoms with Crippen molar-refractivity contribution in [2.24, 2.45) is 0 Å². The number of hydrogen-bond donors (Lipinski definition) is 1. The number of carbonyl (C=O) groups excluding carboxylic acids is 1. The normalized spacial score (nSPS) is 18.0. The number of H-pyrrole nitrogens is 1. The Labute approximate surface area is 154 Å². The highest BCUT2D eigenvalue weighted by Crippen LogP contribution is 2.31. The molecular formula is C17H19N5OS2. The number of hydrogen-bond acceptors (Lipinski definition) is 6. The Hall–Kier alpha value is -1.93. The molecule has 6 nitrogen and oxygen atoms in total. The summed E-state index contributed by atoms with van der Waals surface area (Å²) in [5.41, 5.74) is 1.12. The molecule has 4 rings (SSSR count). The van der Waals surface area contributed by atoms with Crippen LogP contribution in [0.1, 0.15) is 29.3 Å². The molecule has 1 aliphatic heterocycles. The van der Waals surface area contributed by atoms with Crippen LogP contribution in [0.25, 0.3) is 10.2 Å². The molecule has 1 amide bonds. The van der Waals surface area contributed by atoms with E-state index in [0.717, 1.165) is 46.9 Å². The van der Waals surface area contributed by atoms with Gasteiger partial charge in [0.1, 0.15) is 16.2 Å². The van der Waals surface area contributed by atoms with Crippen LogP contribution in [0.2, 0.25) is 0 Å². The minimum atomic E-state index is 0.174. The summed E-state index contributed by atoms with van der Waals surface area (Å²) in [6.45, 7) is 3.66. The summed E-state index contributed by atoms with van der Waals surface area (Å²) in [7, 11) is 0. The van der Waals surface area contributed by atoms with E-state index in [2.05, 4.69) is 33.2 Å². The van der Waals surface area contributed by atoms with E-state index in [1.54, 1.807) is 23.9 Å². The number of carbonyl (C=O) groups is 1. The van der Waals surface area contributed by atoms with Gasteiger partial charge in [-0.1, -0.05) is 11.8 Å². The second-order valence-corrected chi connectivity index (χ2v) is 8.43. The Morgan fingerprint density at radius 3 is 3.24 bits per heavy atom. The lowest BCUT2D eigenvalue weighted by atomic mass is 9.95. The number of likely N-dealkylation sites (tertiary alicyclic amines) is 1. The third-order valence-corrected chi connectivity index (χ3v) is 6.43. The number of aromatic nitrogens is 4. The number of piperidine rings is 1. The smallest absolute Gasteiger partial charge is 0.233 e. The second-order valence-electron chi connectivity index (χ2n) is 6.23. The topological polar surface area (TPSA) is 74.8 Å². The van der Waals surface area contributed by atoms with Gasteiger partial charge in [0.15, 0.2) is 0 Å². The predicted octanol–water partition coefficient (Wildman–Crippen LogP) is 3.22.